The predicted molar refractivity (Wildman–Crippen MR) is 99.2 cm³/mol. The highest BCUT2D eigenvalue weighted by Gasteiger charge is 2.34. The molecule has 1 heterocycles. The Balaban J connectivity index is 1.82. The first kappa shape index (κ1) is 19.5. The van der Waals surface area contributed by atoms with Gasteiger partial charge in [-0.2, -0.15) is 4.31 Å². The summed E-state index contributed by atoms with van der Waals surface area (Å²) in [4.78, 5) is 11.2. The molecule has 1 aliphatic rings. The summed E-state index contributed by atoms with van der Waals surface area (Å²) in [5.41, 5.74) is 1.25. The summed E-state index contributed by atoms with van der Waals surface area (Å²) in [6.07, 6.45) is -0.773. The van der Waals surface area contributed by atoms with Gasteiger partial charge < -0.3 is 10.1 Å². The number of morpholine rings is 1. The number of nitrogens with zero attached hydrogens (tertiary/aromatic N) is 1. The summed E-state index contributed by atoms with van der Waals surface area (Å²) in [5, 5.41) is 2.61. The lowest BCUT2D eigenvalue weighted by Gasteiger charge is -2.36. The first-order chi connectivity index (χ1) is 12.8. The molecular weight excluding hydrogens is 371 g/mol. The second kappa shape index (κ2) is 7.75. The molecule has 0 saturated carbocycles. The Kier molecular flexibility index (Phi) is 5.59. The van der Waals surface area contributed by atoms with Gasteiger partial charge in [0, 0.05) is 25.7 Å². The summed E-state index contributed by atoms with van der Waals surface area (Å²) in [6.45, 7) is 3.56. The molecule has 1 amide bonds. The maximum absolute atomic E-state index is 13.2. The normalized spacial score (nSPS) is 21.0. The maximum atomic E-state index is 13.2. The Morgan fingerprint density at radius 2 is 1.74 bits per heavy atom. The van der Waals surface area contributed by atoms with Crippen molar-refractivity contribution in [2.45, 2.75) is 31.0 Å². The molecule has 0 radical (unpaired) electrons. The van der Waals surface area contributed by atoms with Crippen molar-refractivity contribution in [3.63, 3.8) is 0 Å². The van der Waals surface area contributed by atoms with E-state index >= 15 is 0 Å². The fourth-order valence-electron chi connectivity index (χ4n) is 3.03. The molecule has 2 aromatic rings. The Bertz CT molecular complexity index is 914. The molecule has 2 unspecified atom stereocenters. The number of halogens is 1. The Hall–Kier alpha value is -2.29. The molecule has 27 heavy (non-hydrogen) atoms. The monoisotopic (exact) mass is 392 g/mol. The van der Waals surface area contributed by atoms with Gasteiger partial charge in [0.2, 0.25) is 15.9 Å². The van der Waals surface area contributed by atoms with Gasteiger partial charge >= 0.3 is 0 Å². The van der Waals surface area contributed by atoms with E-state index in [1.807, 2.05) is 0 Å². The van der Waals surface area contributed by atoms with E-state index in [2.05, 4.69) is 5.32 Å². The smallest absolute Gasteiger partial charge is 0.243 e. The highest BCUT2D eigenvalue weighted by Crippen LogP contribution is 2.29. The summed E-state index contributed by atoms with van der Waals surface area (Å²) in [5.74, 6) is -0.582. The molecule has 0 aliphatic carbocycles. The zero-order valence-electron chi connectivity index (χ0n) is 15.1. The van der Waals surface area contributed by atoms with Gasteiger partial charge in [-0.25, -0.2) is 12.8 Å². The van der Waals surface area contributed by atoms with Crippen LogP contribution in [0.2, 0.25) is 0 Å². The van der Waals surface area contributed by atoms with Crippen molar-refractivity contribution in [3.05, 3.63) is 59.9 Å². The Morgan fingerprint density at radius 3 is 2.33 bits per heavy atom. The van der Waals surface area contributed by atoms with Gasteiger partial charge in [0.05, 0.1) is 17.1 Å². The number of nitrogens with one attached hydrogen (secondary N) is 1. The summed E-state index contributed by atoms with van der Waals surface area (Å²) >= 11 is 0. The number of carbonyl (C=O) groups excluding carboxylic acids is 1. The molecule has 1 fully saturated rings. The minimum atomic E-state index is -3.72. The third-order valence-corrected chi connectivity index (χ3v) is 6.13. The molecule has 1 aliphatic heterocycles. The molecule has 8 heteroatoms. The molecular formula is C19H21FN2O4S. The molecule has 1 N–H and O–H groups in total. The van der Waals surface area contributed by atoms with E-state index in [0.29, 0.717) is 5.69 Å². The lowest BCUT2D eigenvalue weighted by atomic mass is 10.1. The van der Waals surface area contributed by atoms with E-state index < -0.39 is 16.1 Å². The van der Waals surface area contributed by atoms with Crippen LogP contribution in [0.4, 0.5) is 10.1 Å². The lowest BCUT2D eigenvalue weighted by molar-refractivity contribution is -0.114. The van der Waals surface area contributed by atoms with Gasteiger partial charge in [0.15, 0.2) is 0 Å². The van der Waals surface area contributed by atoms with Crippen LogP contribution < -0.4 is 5.32 Å². The lowest BCUT2D eigenvalue weighted by Crippen LogP contribution is -2.45. The average Bonchev–Trinajstić information content (AvgIpc) is 2.62. The van der Waals surface area contributed by atoms with E-state index in [0.717, 1.165) is 5.56 Å². The average molecular weight is 392 g/mol. The van der Waals surface area contributed by atoms with Crippen LogP contribution in [0.15, 0.2) is 53.4 Å². The van der Waals surface area contributed by atoms with Crippen molar-refractivity contribution < 1.29 is 22.3 Å². The summed E-state index contributed by atoms with van der Waals surface area (Å²) in [7, 11) is -3.72. The predicted octanol–water partition coefficient (Wildman–Crippen LogP) is 2.93. The van der Waals surface area contributed by atoms with Crippen LogP contribution in [0.3, 0.4) is 0 Å². The van der Waals surface area contributed by atoms with E-state index in [1.165, 1.54) is 35.5 Å². The van der Waals surface area contributed by atoms with Crippen molar-refractivity contribution in [2.75, 3.05) is 18.4 Å². The van der Waals surface area contributed by atoms with Crippen molar-refractivity contribution >= 4 is 21.6 Å². The Morgan fingerprint density at radius 1 is 1.11 bits per heavy atom. The first-order valence-electron chi connectivity index (χ1n) is 8.54. The minimum Gasteiger partial charge on any atom is -0.368 e. The zero-order valence-corrected chi connectivity index (χ0v) is 15.9. The van der Waals surface area contributed by atoms with Crippen LogP contribution in [0, 0.1) is 5.82 Å². The molecule has 0 spiro atoms. The molecule has 6 nitrogen and oxygen atoms in total. The zero-order chi connectivity index (χ0) is 19.6. The van der Waals surface area contributed by atoms with Crippen molar-refractivity contribution in [1.29, 1.82) is 0 Å². The quantitative estimate of drug-likeness (QED) is 0.868. The number of hydrogen-bond donors (Lipinski definition) is 1. The van der Waals surface area contributed by atoms with Crippen LogP contribution in [0.5, 0.6) is 0 Å². The molecule has 0 aromatic heterocycles. The van der Waals surface area contributed by atoms with Gasteiger partial charge in [0.25, 0.3) is 0 Å². The van der Waals surface area contributed by atoms with E-state index in [9.17, 15) is 17.6 Å². The maximum Gasteiger partial charge on any atom is 0.243 e. The van der Waals surface area contributed by atoms with Crippen LogP contribution in [-0.4, -0.2) is 37.8 Å². The standard InChI is InChI=1S/C19H21FN2O4S/c1-13-11-22(12-19(26-13)15-3-5-16(20)6-4-15)27(24,25)18-9-7-17(8-10-18)21-14(2)23/h3-10,13,19H,11-12H2,1-2H3,(H,21,23). The highest BCUT2D eigenvalue weighted by atomic mass is 32.2. The second-order valence-corrected chi connectivity index (χ2v) is 8.45. The van der Waals surface area contributed by atoms with E-state index in [1.54, 1.807) is 31.2 Å². The third kappa shape index (κ3) is 4.52. The van der Waals surface area contributed by atoms with Gasteiger partial charge in [-0.05, 0) is 48.9 Å². The number of rotatable bonds is 4. The fourth-order valence-corrected chi connectivity index (χ4v) is 4.55. The van der Waals surface area contributed by atoms with Crippen LogP contribution in [-0.2, 0) is 19.6 Å². The van der Waals surface area contributed by atoms with Crippen LogP contribution >= 0.6 is 0 Å². The number of hydrogen-bond acceptors (Lipinski definition) is 4. The van der Waals surface area contributed by atoms with Gasteiger partial charge in [-0.15, -0.1) is 0 Å². The van der Waals surface area contributed by atoms with E-state index in [-0.39, 0.29) is 35.8 Å². The number of sulfonamides is 1. The molecule has 3 rings (SSSR count). The highest BCUT2D eigenvalue weighted by molar-refractivity contribution is 7.89. The SMILES string of the molecule is CC(=O)Nc1ccc(S(=O)(=O)N2CC(C)OC(c3ccc(F)cc3)C2)cc1. The fraction of sp³-hybridized carbons (Fsp3) is 0.316. The number of benzene rings is 2. The minimum absolute atomic E-state index is 0.142. The summed E-state index contributed by atoms with van der Waals surface area (Å²) in [6, 6.07) is 11.9. The topological polar surface area (TPSA) is 75.7 Å². The summed E-state index contributed by atoms with van der Waals surface area (Å²) < 4.78 is 46.4. The number of amides is 1. The van der Waals surface area contributed by atoms with Gasteiger partial charge in [-0.1, -0.05) is 12.1 Å². The van der Waals surface area contributed by atoms with Gasteiger partial charge in [-0.3, -0.25) is 4.79 Å². The third-order valence-electron chi connectivity index (χ3n) is 4.28. The second-order valence-electron chi connectivity index (χ2n) is 6.51. The van der Waals surface area contributed by atoms with E-state index in [4.69, 9.17) is 4.74 Å². The molecule has 0 bridgehead atoms. The van der Waals surface area contributed by atoms with Crippen LogP contribution in [0.1, 0.15) is 25.5 Å². The number of anilines is 1. The number of ether oxygens (including phenoxy) is 1. The Labute approximate surface area is 158 Å². The molecule has 2 aromatic carbocycles. The van der Waals surface area contributed by atoms with Crippen LogP contribution in [0.25, 0.3) is 0 Å². The molecule has 144 valence electrons. The van der Waals surface area contributed by atoms with Gasteiger partial charge in [0.1, 0.15) is 5.82 Å². The van der Waals surface area contributed by atoms with Crippen molar-refractivity contribution in [2.24, 2.45) is 0 Å². The van der Waals surface area contributed by atoms with Crippen molar-refractivity contribution in [1.82, 2.24) is 4.31 Å². The number of carbonyl (C=O) groups is 1. The molecule has 1 saturated heterocycles. The molecule has 2 atom stereocenters. The first-order valence-corrected chi connectivity index (χ1v) is 9.98. The largest absolute Gasteiger partial charge is 0.368 e. The van der Waals surface area contributed by atoms with Crippen molar-refractivity contribution in [3.8, 4) is 0 Å².